The highest BCUT2D eigenvalue weighted by Crippen LogP contribution is 2.53. The van der Waals surface area contributed by atoms with Gasteiger partial charge in [-0.3, -0.25) is 0 Å². The van der Waals surface area contributed by atoms with Gasteiger partial charge in [0, 0.05) is 0 Å². The maximum absolute atomic E-state index is 9.54. The number of fused-ring (bicyclic) bond motifs is 5. The van der Waals surface area contributed by atoms with Crippen LogP contribution in [0.1, 0.15) is 0 Å². The van der Waals surface area contributed by atoms with Gasteiger partial charge in [0.15, 0.2) is 0 Å². The van der Waals surface area contributed by atoms with Crippen LogP contribution in [0, 0.1) is 0 Å². The molecule has 3 saturated heterocycles. The van der Waals surface area contributed by atoms with Gasteiger partial charge in [-0.25, -0.2) is 0 Å². The third kappa shape index (κ3) is 0.528. The Bertz CT molecular complexity index is 204. The number of aliphatic hydroxyl groups excluding tert-OH is 1. The normalized spacial score (nSPS) is 75.5. The molecule has 0 bridgehead atoms. The predicted octanol–water partition coefficient (Wildman–Crippen LogP) is -1.34. The molecule has 60 valence electrons. The van der Waals surface area contributed by atoms with Crippen molar-refractivity contribution in [2.75, 3.05) is 0 Å². The minimum absolute atomic E-state index is 0.00231. The van der Waals surface area contributed by atoms with E-state index >= 15 is 0 Å². The van der Waals surface area contributed by atoms with Crippen LogP contribution >= 0.6 is 0 Å². The summed E-state index contributed by atoms with van der Waals surface area (Å²) in [6.07, 6.45) is 0.406. The Labute approximate surface area is 63.0 Å². The summed E-state index contributed by atoms with van der Waals surface area (Å²) in [4.78, 5) is 0. The van der Waals surface area contributed by atoms with Crippen LogP contribution in [-0.4, -0.2) is 47.8 Å². The summed E-state index contributed by atoms with van der Waals surface area (Å²) in [5.41, 5.74) is 0. The molecule has 7 atom stereocenters. The highest BCUT2D eigenvalue weighted by Gasteiger charge is 2.73. The van der Waals surface area contributed by atoms with E-state index < -0.39 is 6.10 Å². The van der Waals surface area contributed by atoms with Gasteiger partial charge in [0.2, 0.25) is 0 Å². The van der Waals surface area contributed by atoms with Crippen LogP contribution in [0.25, 0.3) is 0 Å². The molecule has 0 aromatic heterocycles. The van der Waals surface area contributed by atoms with Crippen LogP contribution in [0.4, 0.5) is 0 Å². The lowest BCUT2D eigenvalue weighted by Gasteiger charge is -2.00. The van der Waals surface area contributed by atoms with Crippen LogP contribution in [0.15, 0.2) is 0 Å². The lowest BCUT2D eigenvalue weighted by molar-refractivity contribution is 0.103. The van der Waals surface area contributed by atoms with Gasteiger partial charge in [0.1, 0.15) is 42.7 Å². The molecule has 0 amide bonds. The fourth-order valence-corrected chi connectivity index (χ4v) is 2.20. The van der Waals surface area contributed by atoms with Gasteiger partial charge in [0.05, 0.1) is 0 Å². The van der Waals surface area contributed by atoms with E-state index in [-0.39, 0.29) is 36.6 Å². The smallest absolute Gasteiger partial charge is 0.116 e. The van der Waals surface area contributed by atoms with Crippen LogP contribution < -0.4 is 0 Å². The van der Waals surface area contributed by atoms with Crippen molar-refractivity contribution in [1.82, 2.24) is 0 Å². The number of aliphatic hydroxyl groups is 1. The minimum atomic E-state index is -0.401. The average Bonchev–Trinajstić information content (AvgIpc) is 2.81. The lowest BCUT2D eigenvalue weighted by Crippen LogP contribution is -2.24. The summed E-state index contributed by atoms with van der Waals surface area (Å²) in [5.74, 6) is 0. The van der Waals surface area contributed by atoms with Crippen LogP contribution in [0.2, 0.25) is 0 Å². The van der Waals surface area contributed by atoms with Crippen molar-refractivity contribution in [2.24, 2.45) is 0 Å². The van der Waals surface area contributed by atoms with Crippen molar-refractivity contribution < 1.29 is 19.3 Å². The molecule has 1 saturated carbocycles. The third-order valence-electron chi connectivity index (χ3n) is 3.01. The Kier molecular flexibility index (Phi) is 0.674. The fourth-order valence-electron chi connectivity index (χ4n) is 2.20. The van der Waals surface area contributed by atoms with Crippen molar-refractivity contribution in [3.63, 3.8) is 0 Å². The zero-order chi connectivity index (χ0) is 7.16. The molecule has 1 aliphatic carbocycles. The molecule has 4 fully saturated rings. The summed E-state index contributed by atoms with van der Waals surface area (Å²) < 4.78 is 15.9. The number of ether oxygens (including phenoxy) is 3. The highest BCUT2D eigenvalue weighted by molar-refractivity contribution is 5.19. The molecule has 3 heterocycles. The summed E-state index contributed by atoms with van der Waals surface area (Å²) in [6.45, 7) is 0. The van der Waals surface area contributed by atoms with E-state index in [1.807, 2.05) is 0 Å². The average molecular weight is 156 g/mol. The molecular formula is C7H8O4. The lowest BCUT2D eigenvalue weighted by atomic mass is 10.1. The van der Waals surface area contributed by atoms with E-state index in [1.54, 1.807) is 0 Å². The second-order valence-electron chi connectivity index (χ2n) is 3.69. The first-order valence-electron chi connectivity index (χ1n) is 4.01. The molecule has 1 N–H and O–H groups in total. The van der Waals surface area contributed by atoms with Gasteiger partial charge < -0.3 is 19.3 Å². The standard InChI is InChI=1S/C7H8O4/c8-1-2-4(9-2)6-7(11-6)5-3(1)10-5/h1-8H/t1?,2-,3+,4-,5+,6-,7+. The maximum Gasteiger partial charge on any atom is 0.116 e. The molecule has 0 aromatic carbocycles. The number of epoxide rings is 3. The Balaban J connectivity index is 1.72. The molecule has 4 nitrogen and oxygen atoms in total. The van der Waals surface area contributed by atoms with Gasteiger partial charge in [-0.15, -0.1) is 0 Å². The quantitative estimate of drug-likeness (QED) is 0.441. The van der Waals surface area contributed by atoms with Crippen molar-refractivity contribution in [3.8, 4) is 0 Å². The van der Waals surface area contributed by atoms with Gasteiger partial charge in [0.25, 0.3) is 0 Å². The number of rotatable bonds is 0. The molecule has 0 aromatic rings. The Hall–Kier alpha value is -0.160. The van der Waals surface area contributed by atoms with E-state index in [4.69, 9.17) is 14.2 Å². The van der Waals surface area contributed by atoms with Gasteiger partial charge >= 0.3 is 0 Å². The third-order valence-corrected chi connectivity index (χ3v) is 3.01. The molecule has 11 heavy (non-hydrogen) atoms. The fraction of sp³-hybridized carbons (Fsp3) is 1.00. The molecule has 0 radical (unpaired) electrons. The maximum atomic E-state index is 9.54. The van der Waals surface area contributed by atoms with Crippen LogP contribution in [0.5, 0.6) is 0 Å². The van der Waals surface area contributed by atoms with Crippen molar-refractivity contribution in [2.45, 2.75) is 42.7 Å². The zero-order valence-electron chi connectivity index (χ0n) is 5.71. The molecule has 3 aliphatic heterocycles. The highest BCUT2D eigenvalue weighted by atomic mass is 16.7. The first-order valence-corrected chi connectivity index (χ1v) is 4.01. The zero-order valence-corrected chi connectivity index (χ0v) is 5.71. The van der Waals surface area contributed by atoms with E-state index in [0.29, 0.717) is 0 Å². The Morgan fingerprint density at radius 3 is 1.55 bits per heavy atom. The first kappa shape index (κ1) is 5.48. The Morgan fingerprint density at radius 1 is 0.636 bits per heavy atom. The second kappa shape index (κ2) is 1.35. The predicted molar refractivity (Wildman–Crippen MR) is 32.0 cm³/mol. The molecule has 4 aliphatic rings. The van der Waals surface area contributed by atoms with Crippen molar-refractivity contribution >= 4 is 0 Å². The van der Waals surface area contributed by atoms with E-state index in [1.165, 1.54) is 0 Å². The summed E-state index contributed by atoms with van der Waals surface area (Å²) in [7, 11) is 0. The monoisotopic (exact) mass is 156 g/mol. The molecular weight excluding hydrogens is 148 g/mol. The van der Waals surface area contributed by atoms with Gasteiger partial charge in [-0.05, 0) is 0 Å². The molecule has 4 rings (SSSR count). The van der Waals surface area contributed by atoms with E-state index in [9.17, 15) is 5.11 Å². The van der Waals surface area contributed by atoms with E-state index in [0.717, 1.165) is 0 Å². The summed E-state index contributed by atoms with van der Waals surface area (Å²) >= 11 is 0. The van der Waals surface area contributed by atoms with Crippen LogP contribution in [0.3, 0.4) is 0 Å². The topological polar surface area (TPSA) is 57.8 Å². The van der Waals surface area contributed by atoms with Gasteiger partial charge in [-0.1, -0.05) is 0 Å². The molecule has 1 unspecified atom stereocenters. The minimum Gasteiger partial charge on any atom is -0.387 e. The SMILES string of the molecule is OC1[C@H]2O[C@H]2[C@H]2O[C@H]2[C@H]2O[C@@H]12. The molecule has 0 spiro atoms. The van der Waals surface area contributed by atoms with E-state index in [2.05, 4.69) is 0 Å². The summed E-state index contributed by atoms with van der Waals surface area (Å²) in [6, 6.07) is 0. The van der Waals surface area contributed by atoms with Gasteiger partial charge in [-0.2, -0.15) is 0 Å². The second-order valence-corrected chi connectivity index (χ2v) is 3.69. The summed E-state index contributed by atoms with van der Waals surface area (Å²) in [5, 5.41) is 9.54. The largest absolute Gasteiger partial charge is 0.387 e. The number of hydrogen-bond donors (Lipinski definition) is 1. The first-order chi connectivity index (χ1) is 5.36. The van der Waals surface area contributed by atoms with Crippen molar-refractivity contribution in [1.29, 1.82) is 0 Å². The van der Waals surface area contributed by atoms with Crippen molar-refractivity contribution in [3.05, 3.63) is 0 Å². The van der Waals surface area contributed by atoms with Crippen LogP contribution in [-0.2, 0) is 14.2 Å². The Morgan fingerprint density at radius 2 is 1.00 bits per heavy atom. The number of hydrogen-bond acceptors (Lipinski definition) is 4. The molecule has 4 heteroatoms.